The van der Waals surface area contributed by atoms with Gasteiger partial charge in [-0.3, -0.25) is 4.79 Å². The fourth-order valence-corrected chi connectivity index (χ4v) is 1.93. The van der Waals surface area contributed by atoms with Crippen molar-refractivity contribution in [2.45, 2.75) is 0 Å². The normalized spacial score (nSPS) is 10.4. The van der Waals surface area contributed by atoms with Crippen LogP contribution in [0.5, 0.6) is 5.75 Å². The fraction of sp³-hybridized carbons (Fsp3) is 0.0588. The summed E-state index contributed by atoms with van der Waals surface area (Å²) in [6.45, 7) is 0. The molecular formula is C17H14NO4-. The van der Waals surface area contributed by atoms with Crippen LogP contribution in [-0.4, -0.2) is 19.0 Å². The number of rotatable bonds is 5. The van der Waals surface area contributed by atoms with E-state index >= 15 is 0 Å². The van der Waals surface area contributed by atoms with Gasteiger partial charge in [-0.05, 0) is 29.3 Å². The van der Waals surface area contributed by atoms with E-state index in [0.717, 1.165) is 17.2 Å². The second kappa shape index (κ2) is 7.08. The van der Waals surface area contributed by atoms with Crippen LogP contribution in [0.3, 0.4) is 0 Å². The fourth-order valence-electron chi connectivity index (χ4n) is 1.93. The predicted molar refractivity (Wildman–Crippen MR) is 81.2 cm³/mol. The number of hydrogen-bond acceptors (Lipinski definition) is 4. The van der Waals surface area contributed by atoms with E-state index in [0.29, 0.717) is 17.5 Å². The predicted octanol–water partition coefficient (Wildman–Crippen LogP) is 1.61. The van der Waals surface area contributed by atoms with Crippen LogP contribution in [0.2, 0.25) is 0 Å². The van der Waals surface area contributed by atoms with Gasteiger partial charge in [0.05, 0.1) is 18.8 Å². The molecule has 1 N–H and O–H groups in total. The molecule has 0 fully saturated rings. The molecule has 0 bridgehead atoms. The lowest BCUT2D eigenvalue weighted by Crippen LogP contribution is -2.20. The zero-order chi connectivity index (χ0) is 15.9. The number of methoxy groups -OCH3 is 1. The Balaban J connectivity index is 2.29. The van der Waals surface area contributed by atoms with Gasteiger partial charge in [-0.25, -0.2) is 0 Å². The first kappa shape index (κ1) is 15.3. The molecule has 2 rings (SSSR count). The first-order chi connectivity index (χ1) is 10.6. The molecule has 2 aromatic rings. The van der Waals surface area contributed by atoms with E-state index in [2.05, 4.69) is 5.32 Å². The molecular weight excluding hydrogens is 282 g/mol. The number of aliphatic carboxylic acids is 1. The Bertz CT molecular complexity index is 708. The van der Waals surface area contributed by atoms with Crippen LogP contribution < -0.4 is 15.2 Å². The zero-order valence-electron chi connectivity index (χ0n) is 11.9. The molecule has 0 aromatic heterocycles. The van der Waals surface area contributed by atoms with Crippen molar-refractivity contribution in [1.82, 2.24) is 0 Å². The summed E-state index contributed by atoms with van der Waals surface area (Å²) in [5.74, 6) is -1.53. The molecule has 0 saturated carbocycles. The summed E-state index contributed by atoms with van der Waals surface area (Å²) in [4.78, 5) is 22.0. The van der Waals surface area contributed by atoms with Gasteiger partial charge in [-0.1, -0.05) is 36.4 Å². The van der Waals surface area contributed by atoms with Gasteiger partial charge in [0.15, 0.2) is 0 Å². The summed E-state index contributed by atoms with van der Waals surface area (Å²) in [5.41, 5.74) is 2.35. The molecule has 22 heavy (non-hydrogen) atoms. The Morgan fingerprint density at radius 3 is 2.41 bits per heavy atom. The third-order valence-electron chi connectivity index (χ3n) is 2.94. The van der Waals surface area contributed by atoms with Gasteiger partial charge in [0.2, 0.25) is 5.91 Å². The lowest BCUT2D eigenvalue weighted by molar-refractivity contribution is -0.297. The lowest BCUT2D eigenvalue weighted by Gasteiger charge is -2.11. The van der Waals surface area contributed by atoms with Gasteiger partial charge in [-0.2, -0.15) is 0 Å². The third kappa shape index (κ3) is 3.96. The molecule has 0 radical (unpaired) electrons. The van der Waals surface area contributed by atoms with Gasteiger partial charge in [0, 0.05) is 6.08 Å². The van der Waals surface area contributed by atoms with E-state index in [-0.39, 0.29) is 0 Å². The number of hydrogen-bond donors (Lipinski definition) is 1. The smallest absolute Gasteiger partial charge is 0.248 e. The summed E-state index contributed by atoms with van der Waals surface area (Å²) in [5, 5.41) is 12.9. The maximum atomic E-state index is 11.7. The van der Waals surface area contributed by atoms with Crippen LogP contribution in [0.15, 0.2) is 60.7 Å². The maximum Gasteiger partial charge on any atom is 0.248 e. The minimum absolute atomic E-state index is 0.455. The van der Waals surface area contributed by atoms with Crippen molar-refractivity contribution >= 4 is 17.6 Å². The number of anilines is 1. The first-order valence-electron chi connectivity index (χ1n) is 6.53. The summed E-state index contributed by atoms with van der Waals surface area (Å²) in [6, 6.07) is 15.0. The van der Waals surface area contributed by atoms with Crippen LogP contribution in [0.25, 0.3) is 11.1 Å². The molecule has 0 heterocycles. The Morgan fingerprint density at radius 2 is 1.77 bits per heavy atom. The highest BCUT2D eigenvalue weighted by Gasteiger charge is 2.08. The van der Waals surface area contributed by atoms with Crippen molar-refractivity contribution < 1.29 is 19.4 Å². The van der Waals surface area contributed by atoms with E-state index in [9.17, 15) is 14.7 Å². The molecule has 0 saturated heterocycles. The number of amides is 1. The van der Waals surface area contributed by atoms with Crippen LogP contribution >= 0.6 is 0 Å². The van der Waals surface area contributed by atoms with Crippen molar-refractivity contribution in [3.63, 3.8) is 0 Å². The minimum Gasteiger partial charge on any atom is -0.545 e. The van der Waals surface area contributed by atoms with Gasteiger partial charge >= 0.3 is 0 Å². The molecule has 0 aliphatic carbocycles. The number of carboxylic acids is 1. The summed E-state index contributed by atoms with van der Waals surface area (Å²) < 4.78 is 5.20. The van der Waals surface area contributed by atoms with Crippen LogP contribution in [0.4, 0.5) is 5.69 Å². The summed E-state index contributed by atoms with van der Waals surface area (Å²) in [6.07, 6.45) is 1.56. The Labute approximate surface area is 127 Å². The molecule has 0 spiro atoms. The highest BCUT2D eigenvalue weighted by Crippen LogP contribution is 2.30. The second-order valence-electron chi connectivity index (χ2n) is 4.42. The molecule has 5 nitrogen and oxygen atoms in total. The number of nitrogens with one attached hydrogen (secondary N) is 1. The zero-order valence-corrected chi connectivity index (χ0v) is 11.9. The Kier molecular flexibility index (Phi) is 4.93. The minimum atomic E-state index is -1.43. The number of carboxylic acid groups (broad SMARTS) is 1. The average molecular weight is 296 g/mol. The third-order valence-corrected chi connectivity index (χ3v) is 2.94. The van der Waals surface area contributed by atoms with E-state index in [1.54, 1.807) is 12.1 Å². The van der Waals surface area contributed by atoms with Crippen molar-refractivity contribution in [3.05, 3.63) is 60.7 Å². The van der Waals surface area contributed by atoms with Crippen LogP contribution in [0, 0.1) is 0 Å². The van der Waals surface area contributed by atoms with Crippen molar-refractivity contribution in [1.29, 1.82) is 0 Å². The quantitative estimate of drug-likeness (QED) is 0.850. The average Bonchev–Trinajstić information content (AvgIpc) is 2.53. The Hall–Kier alpha value is -3.08. The van der Waals surface area contributed by atoms with Crippen molar-refractivity contribution in [3.8, 4) is 16.9 Å². The highest BCUT2D eigenvalue weighted by atomic mass is 16.5. The topological polar surface area (TPSA) is 78.5 Å². The standard InChI is InChI=1S/C17H15NO4/c1-22-15-8-7-13(12-5-3-2-4-6-12)11-14(15)18-16(19)9-10-17(20)21/h2-11H,1H3,(H,18,19)(H,20,21)/p-1/b10-9-. The molecule has 0 aliphatic heterocycles. The highest BCUT2D eigenvalue weighted by molar-refractivity contribution is 6.03. The molecule has 2 aromatic carbocycles. The number of carbonyl (C=O) groups excluding carboxylic acids is 2. The van der Waals surface area contributed by atoms with Crippen molar-refractivity contribution in [2.24, 2.45) is 0 Å². The largest absolute Gasteiger partial charge is 0.545 e. The Morgan fingerprint density at radius 1 is 1.05 bits per heavy atom. The number of benzene rings is 2. The molecule has 112 valence electrons. The molecule has 0 unspecified atom stereocenters. The van der Waals surface area contributed by atoms with E-state index in [1.807, 2.05) is 36.4 Å². The van der Waals surface area contributed by atoms with Gasteiger partial charge < -0.3 is 20.0 Å². The van der Waals surface area contributed by atoms with Gasteiger partial charge in [-0.15, -0.1) is 0 Å². The first-order valence-corrected chi connectivity index (χ1v) is 6.53. The maximum absolute atomic E-state index is 11.7. The van der Waals surface area contributed by atoms with E-state index in [1.165, 1.54) is 7.11 Å². The van der Waals surface area contributed by atoms with Crippen molar-refractivity contribution in [2.75, 3.05) is 12.4 Å². The second-order valence-corrected chi connectivity index (χ2v) is 4.42. The van der Waals surface area contributed by atoms with Crippen LogP contribution in [-0.2, 0) is 9.59 Å². The summed E-state index contributed by atoms with van der Waals surface area (Å²) >= 11 is 0. The number of carbonyl (C=O) groups is 2. The van der Waals surface area contributed by atoms with Crippen LogP contribution in [0.1, 0.15) is 0 Å². The monoisotopic (exact) mass is 296 g/mol. The van der Waals surface area contributed by atoms with Gasteiger partial charge in [0.1, 0.15) is 5.75 Å². The summed E-state index contributed by atoms with van der Waals surface area (Å²) in [7, 11) is 1.49. The molecule has 1 amide bonds. The number of ether oxygens (including phenoxy) is 1. The van der Waals surface area contributed by atoms with Gasteiger partial charge in [0.25, 0.3) is 0 Å². The SMILES string of the molecule is COc1ccc(-c2ccccc2)cc1NC(=O)/C=C\C(=O)[O-]. The lowest BCUT2D eigenvalue weighted by atomic mass is 10.0. The molecule has 5 heteroatoms. The molecule has 0 atom stereocenters. The van der Waals surface area contributed by atoms with E-state index in [4.69, 9.17) is 4.74 Å². The molecule has 0 aliphatic rings. The van der Waals surface area contributed by atoms with E-state index < -0.39 is 11.9 Å².